The predicted molar refractivity (Wildman–Crippen MR) is 93.6 cm³/mol. The molecule has 0 unspecified atom stereocenters. The van der Waals surface area contributed by atoms with Crippen LogP contribution in [-0.2, 0) is 16.0 Å². The zero-order chi connectivity index (χ0) is 18.6. The van der Waals surface area contributed by atoms with Crippen molar-refractivity contribution >= 4 is 23.2 Å². The van der Waals surface area contributed by atoms with Gasteiger partial charge in [0.2, 0.25) is 11.8 Å². The normalized spacial score (nSPS) is 10.4. The van der Waals surface area contributed by atoms with Gasteiger partial charge in [0.25, 0.3) is 0 Å². The number of anilines is 2. The molecule has 0 aromatic heterocycles. The van der Waals surface area contributed by atoms with Gasteiger partial charge in [-0.15, -0.1) is 0 Å². The summed E-state index contributed by atoms with van der Waals surface area (Å²) in [5, 5.41) is 2.79. The lowest BCUT2D eigenvalue weighted by Crippen LogP contribution is -2.37. The quantitative estimate of drug-likeness (QED) is 0.894. The molecule has 2 aromatic carbocycles. The summed E-state index contributed by atoms with van der Waals surface area (Å²) < 4.78 is 27.0. The smallest absolute Gasteiger partial charge is 0.244 e. The van der Waals surface area contributed by atoms with Crippen molar-refractivity contribution in [1.29, 1.82) is 0 Å². The van der Waals surface area contributed by atoms with Crippen LogP contribution in [0.25, 0.3) is 0 Å². The van der Waals surface area contributed by atoms with E-state index in [4.69, 9.17) is 0 Å². The number of rotatable bonds is 5. The summed E-state index contributed by atoms with van der Waals surface area (Å²) in [6.45, 7) is 4.70. The second kappa shape index (κ2) is 7.88. The molecule has 0 radical (unpaired) electrons. The van der Waals surface area contributed by atoms with E-state index in [1.54, 1.807) is 0 Å². The Balaban J connectivity index is 2.23. The molecule has 1 N–H and O–H groups in total. The number of hydrogen-bond acceptors (Lipinski definition) is 2. The molecule has 0 aliphatic carbocycles. The van der Waals surface area contributed by atoms with Gasteiger partial charge in [0.1, 0.15) is 18.2 Å². The molecule has 0 fully saturated rings. The molecule has 0 bridgehead atoms. The predicted octanol–water partition coefficient (Wildman–Crippen LogP) is 3.83. The molecule has 6 heteroatoms. The molecule has 0 atom stereocenters. The second-order valence-electron chi connectivity index (χ2n) is 5.71. The molecule has 0 spiro atoms. The molecule has 2 aromatic rings. The minimum Gasteiger partial charge on any atom is -0.324 e. The molecular formula is C19H20F2N2O2. The molecule has 2 rings (SSSR count). The Kier molecular flexibility index (Phi) is 5.85. The Morgan fingerprint density at radius 1 is 1.16 bits per heavy atom. The van der Waals surface area contributed by atoms with Gasteiger partial charge in [-0.3, -0.25) is 9.59 Å². The van der Waals surface area contributed by atoms with Crippen LogP contribution in [0, 0.1) is 18.6 Å². The number of carbonyl (C=O) groups excluding carboxylic acids is 2. The number of carbonyl (C=O) groups is 2. The Bertz CT molecular complexity index is 806. The van der Waals surface area contributed by atoms with Gasteiger partial charge < -0.3 is 10.2 Å². The minimum atomic E-state index is -0.895. The standard InChI is InChI=1S/C19H20F2N2O2/c1-4-14-7-5-6-12(2)19(14)22-18(25)11-23(13(3)24)17-9-8-15(20)10-16(17)21/h5-10H,4,11H2,1-3H3,(H,22,25). The van der Waals surface area contributed by atoms with Crippen LogP contribution in [0.2, 0.25) is 0 Å². The highest BCUT2D eigenvalue weighted by atomic mass is 19.1. The fraction of sp³-hybridized carbons (Fsp3) is 0.263. The minimum absolute atomic E-state index is 0.135. The summed E-state index contributed by atoms with van der Waals surface area (Å²) in [6, 6.07) is 8.55. The number of nitrogens with zero attached hydrogens (tertiary/aromatic N) is 1. The van der Waals surface area contributed by atoms with Gasteiger partial charge in [-0.2, -0.15) is 0 Å². The average Bonchev–Trinajstić information content (AvgIpc) is 2.55. The van der Waals surface area contributed by atoms with E-state index in [-0.39, 0.29) is 12.2 Å². The van der Waals surface area contributed by atoms with Crippen LogP contribution in [0.15, 0.2) is 36.4 Å². The van der Waals surface area contributed by atoms with Crippen molar-refractivity contribution in [3.05, 3.63) is 59.2 Å². The average molecular weight is 346 g/mol. The highest BCUT2D eigenvalue weighted by Gasteiger charge is 2.20. The topological polar surface area (TPSA) is 49.4 Å². The fourth-order valence-electron chi connectivity index (χ4n) is 2.59. The molecular weight excluding hydrogens is 326 g/mol. The molecule has 25 heavy (non-hydrogen) atoms. The van der Waals surface area contributed by atoms with Gasteiger partial charge in [-0.05, 0) is 36.6 Å². The molecule has 4 nitrogen and oxygen atoms in total. The Morgan fingerprint density at radius 2 is 1.88 bits per heavy atom. The van der Waals surface area contributed by atoms with E-state index in [0.29, 0.717) is 11.8 Å². The van der Waals surface area contributed by atoms with Crippen molar-refractivity contribution < 1.29 is 18.4 Å². The van der Waals surface area contributed by atoms with Crippen molar-refractivity contribution in [3.63, 3.8) is 0 Å². The SMILES string of the molecule is CCc1cccc(C)c1NC(=O)CN(C(C)=O)c1ccc(F)cc1F. The maximum Gasteiger partial charge on any atom is 0.244 e. The van der Waals surface area contributed by atoms with Gasteiger partial charge in [-0.25, -0.2) is 8.78 Å². The van der Waals surface area contributed by atoms with Crippen molar-refractivity contribution in [2.24, 2.45) is 0 Å². The number of nitrogens with one attached hydrogen (secondary N) is 1. The van der Waals surface area contributed by atoms with Gasteiger partial charge in [0.15, 0.2) is 0 Å². The first-order valence-electron chi connectivity index (χ1n) is 7.95. The molecule has 132 valence electrons. The van der Waals surface area contributed by atoms with Crippen molar-refractivity contribution in [2.45, 2.75) is 27.2 Å². The number of aryl methyl sites for hydroxylation is 2. The first kappa shape index (κ1) is 18.6. The van der Waals surface area contributed by atoms with E-state index in [1.807, 2.05) is 32.0 Å². The summed E-state index contributed by atoms with van der Waals surface area (Å²) in [4.78, 5) is 25.2. The molecule has 0 saturated carbocycles. The van der Waals surface area contributed by atoms with Crippen molar-refractivity contribution in [1.82, 2.24) is 0 Å². The Morgan fingerprint density at radius 3 is 2.48 bits per heavy atom. The highest BCUT2D eigenvalue weighted by molar-refractivity contribution is 6.02. The van der Waals surface area contributed by atoms with E-state index in [1.165, 1.54) is 6.92 Å². The lowest BCUT2D eigenvalue weighted by atomic mass is 10.1. The summed E-state index contributed by atoms with van der Waals surface area (Å²) in [5.41, 5.74) is 2.42. The summed E-state index contributed by atoms with van der Waals surface area (Å²) in [5.74, 6) is -2.61. The molecule has 0 aliphatic rings. The van der Waals surface area contributed by atoms with Crippen LogP contribution in [0.1, 0.15) is 25.0 Å². The molecule has 0 aliphatic heterocycles. The van der Waals surface area contributed by atoms with E-state index in [2.05, 4.69) is 5.32 Å². The number of hydrogen-bond donors (Lipinski definition) is 1. The van der Waals surface area contributed by atoms with E-state index in [9.17, 15) is 18.4 Å². The van der Waals surface area contributed by atoms with Crippen LogP contribution in [0.4, 0.5) is 20.2 Å². The molecule has 0 heterocycles. The first-order chi connectivity index (χ1) is 11.8. The highest BCUT2D eigenvalue weighted by Crippen LogP contribution is 2.23. The van der Waals surface area contributed by atoms with Gasteiger partial charge in [-0.1, -0.05) is 25.1 Å². The van der Waals surface area contributed by atoms with Crippen molar-refractivity contribution in [2.75, 3.05) is 16.8 Å². The Hall–Kier alpha value is -2.76. The van der Waals surface area contributed by atoms with Crippen LogP contribution in [-0.4, -0.2) is 18.4 Å². The number of halogens is 2. The van der Waals surface area contributed by atoms with Crippen molar-refractivity contribution in [3.8, 4) is 0 Å². The third kappa shape index (κ3) is 4.41. The van der Waals surface area contributed by atoms with Crippen LogP contribution >= 0.6 is 0 Å². The molecule has 2 amide bonds. The Labute approximate surface area is 145 Å². The van der Waals surface area contributed by atoms with Gasteiger partial charge >= 0.3 is 0 Å². The number of amides is 2. The van der Waals surface area contributed by atoms with Gasteiger partial charge in [0, 0.05) is 18.7 Å². The van der Waals surface area contributed by atoms with Crippen LogP contribution in [0.5, 0.6) is 0 Å². The van der Waals surface area contributed by atoms with E-state index < -0.39 is 23.4 Å². The number of benzene rings is 2. The monoisotopic (exact) mass is 346 g/mol. The third-order valence-electron chi connectivity index (χ3n) is 3.89. The van der Waals surface area contributed by atoms with Gasteiger partial charge in [0.05, 0.1) is 5.69 Å². The largest absolute Gasteiger partial charge is 0.324 e. The van der Waals surface area contributed by atoms with E-state index in [0.717, 1.165) is 34.6 Å². The maximum atomic E-state index is 14.0. The second-order valence-corrected chi connectivity index (χ2v) is 5.71. The first-order valence-corrected chi connectivity index (χ1v) is 7.95. The summed E-state index contributed by atoms with van der Waals surface area (Å²) in [6.07, 6.45) is 0.736. The summed E-state index contributed by atoms with van der Waals surface area (Å²) in [7, 11) is 0. The zero-order valence-electron chi connectivity index (χ0n) is 14.4. The number of para-hydroxylation sites is 1. The third-order valence-corrected chi connectivity index (χ3v) is 3.89. The zero-order valence-corrected chi connectivity index (χ0v) is 14.4. The fourth-order valence-corrected chi connectivity index (χ4v) is 2.59. The van der Waals surface area contributed by atoms with Crippen LogP contribution in [0.3, 0.4) is 0 Å². The lowest BCUT2D eigenvalue weighted by molar-refractivity contribution is -0.120. The van der Waals surface area contributed by atoms with Crippen LogP contribution < -0.4 is 10.2 Å². The maximum absolute atomic E-state index is 14.0. The lowest BCUT2D eigenvalue weighted by Gasteiger charge is -2.22. The summed E-state index contributed by atoms with van der Waals surface area (Å²) >= 11 is 0. The van der Waals surface area contributed by atoms with E-state index >= 15 is 0 Å². The molecule has 0 saturated heterocycles.